The van der Waals surface area contributed by atoms with E-state index in [1.54, 1.807) is 11.4 Å². The quantitative estimate of drug-likeness (QED) is 0.803. The number of nitrogens with zero attached hydrogens (tertiary/aromatic N) is 1. The average Bonchev–Trinajstić information content (AvgIpc) is 2.88. The van der Waals surface area contributed by atoms with E-state index in [9.17, 15) is 9.59 Å². The van der Waals surface area contributed by atoms with Gasteiger partial charge in [0, 0.05) is 25.7 Å². The van der Waals surface area contributed by atoms with E-state index in [1.807, 2.05) is 0 Å². The van der Waals surface area contributed by atoms with Crippen LogP contribution in [0.25, 0.3) is 0 Å². The van der Waals surface area contributed by atoms with E-state index in [0.29, 0.717) is 23.2 Å². The number of hydrogen-bond donors (Lipinski definition) is 2. The van der Waals surface area contributed by atoms with Crippen LogP contribution in [0, 0.1) is 0 Å². The number of ether oxygens (including phenoxy) is 1. The maximum atomic E-state index is 12.1. The van der Waals surface area contributed by atoms with E-state index < -0.39 is 5.97 Å². The Hall–Kier alpha value is -1.44. The largest absolute Gasteiger partial charge is 0.465 e. The number of methoxy groups -OCH3 is 1. The van der Waals surface area contributed by atoms with Gasteiger partial charge < -0.3 is 15.4 Å². The number of esters is 1. The first kappa shape index (κ1) is 15.0. The van der Waals surface area contributed by atoms with Crippen molar-refractivity contribution in [2.45, 2.75) is 13.0 Å². The number of carbonyl (C=O) groups is 2. The van der Waals surface area contributed by atoms with Crippen LogP contribution < -0.4 is 10.6 Å². The van der Waals surface area contributed by atoms with Crippen LogP contribution >= 0.6 is 11.3 Å². The first-order valence-electron chi connectivity index (χ1n) is 6.52. The van der Waals surface area contributed by atoms with Crippen LogP contribution in [0.1, 0.15) is 16.6 Å². The molecule has 2 heterocycles. The van der Waals surface area contributed by atoms with Crippen molar-refractivity contribution < 1.29 is 14.3 Å². The molecule has 0 unspecified atom stereocenters. The number of piperazine rings is 1. The fourth-order valence-electron chi connectivity index (χ4n) is 2.15. The van der Waals surface area contributed by atoms with Crippen molar-refractivity contribution in [3.8, 4) is 0 Å². The molecule has 1 saturated heterocycles. The van der Waals surface area contributed by atoms with Gasteiger partial charge in [-0.3, -0.25) is 9.69 Å². The monoisotopic (exact) mass is 297 g/mol. The summed E-state index contributed by atoms with van der Waals surface area (Å²) in [4.78, 5) is 26.2. The average molecular weight is 297 g/mol. The van der Waals surface area contributed by atoms with E-state index in [1.165, 1.54) is 18.4 Å². The van der Waals surface area contributed by atoms with Gasteiger partial charge in [-0.05, 0) is 18.4 Å². The van der Waals surface area contributed by atoms with Crippen molar-refractivity contribution in [2.75, 3.05) is 38.6 Å². The van der Waals surface area contributed by atoms with Crippen LogP contribution in [-0.4, -0.2) is 56.1 Å². The standard InChI is InChI=1S/C13H19N3O3S/c1-9-7-14-4-5-16(9)8-11(17)15-10-3-6-20-12(10)13(18)19-2/h3,6,9,14H,4-5,7-8H2,1-2H3,(H,15,17)/t9-/m0/s1. The van der Waals surface area contributed by atoms with Gasteiger partial charge in [-0.1, -0.05) is 0 Å². The summed E-state index contributed by atoms with van der Waals surface area (Å²) in [5, 5.41) is 7.82. The van der Waals surface area contributed by atoms with E-state index >= 15 is 0 Å². The molecule has 1 aliphatic heterocycles. The summed E-state index contributed by atoms with van der Waals surface area (Å²) < 4.78 is 4.69. The van der Waals surface area contributed by atoms with Crippen LogP contribution in [-0.2, 0) is 9.53 Å². The number of anilines is 1. The third kappa shape index (κ3) is 3.56. The summed E-state index contributed by atoms with van der Waals surface area (Å²) >= 11 is 1.26. The summed E-state index contributed by atoms with van der Waals surface area (Å²) in [7, 11) is 1.33. The number of nitrogens with one attached hydrogen (secondary N) is 2. The molecule has 2 N–H and O–H groups in total. The molecule has 110 valence electrons. The molecule has 0 bridgehead atoms. The minimum Gasteiger partial charge on any atom is -0.465 e. The molecule has 1 aliphatic rings. The molecule has 0 saturated carbocycles. The Balaban J connectivity index is 1.94. The highest BCUT2D eigenvalue weighted by Crippen LogP contribution is 2.23. The van der Waals surface area contributed by atoms with Gasteiger partial charge in [0.15, 0.2) is 0 Å². The van der Waals surface area contributed by atoms with Gasteiger partial charge in [0.25, 0.3) is 0 Å². The SMILES string of the molecule is COC(=O)c1sccc1NC(=O)CN1CCNC[C@@H]1C. The molecule has 0 spiro atoms. The summed E-state index contributed by atoms with van der Waals surface area (Å²) in [6, 6.07) is 2.05. The van der Waals surface area contributed by atoms with Crippen LogP contribution in [0.2, 0.25) is 0 Å². The number of thiophene rings is 1. The zero-order chi connectivity index (χ0) is 14.5. The second-order valence-corrected chi connectivity index (χ2v) is 5.64. The molecule has 6 nitrogen and oxygen atoms in total. The molecule has 1 aromatic heterocycles. The Kier molecular flexibility index (Phi) is 5.11. The van der Waals surface area contributed by atoms with Crippen molar-refractivity contribution in [1.82, 2.24) is 10.2 Å². The van der Waals surface area contributed by atoms with Gasteiger partial charge in [-0.2, -0.15) is 0 Å². The summed E-state index contributed by atoms with van der Waals surface area (Å²) in [5.74, 6) is -0.534. The molecule has 1 atom stereocenters. The molecule has 0 aliphatic carbocycles. The Labute approximate surface area is 122 Å². The predicted molar refractivity (Wildman–Crippen MR) is 78.2 cm³/mol. The maximum Gasteiger partial charge on any atom is 0.350 e. The molecule has 20 heavy (non-hydrogen) atoms. The lowest BCUT2D eigenvalue weighted by Gasteiger charge is -2.33. The van der Waals surface area contributed by atoms with E-state index in [4.69, 9.17) is 0 Å². The van der Waals surface area contributed by atoms with E-state index in [0.717, 1.165) is 19.6 Å². The van der Waals surface area contributed by atoms with Crippen molar-refractivity contribution in [1.29, 1.82) is 0 Å². The number of carbonyl (C=O) groups excluding carboxylic acids is 2. The second kappa shape index (κ2) is 6.83. The molecule has 0 aromatic carbocycles. The van der Waals surface area contributed by atoms with Crippen molar-refractivity contribution >= 4 is 28.9 Å². The minimum atomic E-state index is -0.425. The molecule has 1 aromatic rings. The van der Waals surface area contributed by atoms with Gasteiger partial charge in [0.05, 0.1) is 19.3 Å². The molecule has 0 radical (unpaired) electrons. The van der Waals surface area contributed by atoms with Crippen LogP contribution in [0.3, 0.4) is 0 Å². The third-order valence-corrected chi connectivity index (χ3v) is 4.19. The lowest BCUT2D eigenvalue weighted by Crippen LogP contribution is -2.52. The Morgan fingerprint density at radius 1 is 1.60 bits per heavy atom. The van der Waals surface area contributed by atoms with Crippen LogP contribution in [0.5, 0.6) is 0 Å². The lowest BCUT2D eigenvalue weighted by atomic mass is 10.2. The number of hydrogen-bond acceptors (Lipinski definition) is 6. The van der Waals surface area contributed by atoms with Crippen molar-refractivity contribution in [3.63, 3.8) is 0 Å². The zero-order valence-corrected chi connectivity index (χ0v) is 12.5. The normalized spacial score (nSPS) is 19.6. The lowest BCUT2D eigenvalue weighted by molar-refractivity contribution is -0.118. The molecule has 1 fully saturated rings. The zero-order valence-electron chi connectivity index (χ0n) is 11.6. The van der Waals surface area contributed by atoms with Crippen LogP contribution in [0.4, 0.5) is 5.69 Å². The number of amides is 1. The highest BCUT2D eigenvalue weighted by atomic mass is 32.1. The Morgan fingerprint density at radius 2 is 2.40 bits per heavy atom. The first-order valence-corrected chi connectivity index (χ1v) is 7.40. The maximum absolute atomic E-state index is 12.1. The topological polar surface area (TPSA) is 70.7 Å². The first-order chi connectivity index (χ1) is 9.61. The van der Waals surface area contributed by atoms with Gasteiger partial charge in [-0.25, -0.2) is 4.79 Å². The highest BCUT2D eigenvalue weighted by molar-refractivity contribution is 7.12. The Bertz CT molecular complexity index is 489. The number of rotatable bonds is 4. The predicted octanol–water partition coefficient (Wildman–Crippen LogP) is 0.767. The van der Waals surface area contributed by atoms with Gasteiger partial charge in [0.2, 0.25) is 5.91 Å². The van der Waals surface area contributed by atoms with Crippen molar-refractivity contribution in [3.05, 3.63) is 16.3 Å². The smallest absolute Gasteiger partial charge is 0.350 e. The second-order valence-electron chi connectivity index (χ2n) is 4.73. The molecular formula is C13H19N3O3S. The fraction of sp³-hybridized carbons (Fsp3) is 0.538. The highest BCUT2D eigenvalue weighted by Gasteiger charge is 2.21. The fourth-order valence-corrected chi connectivity index (χ4v) is 2.92. The molecule has 1 amide bonds. The minimum absolute atomic E-state index is 0.109. The van der Waals surface area contributed by atoms with E-state index in [-0.39, 0.29) is 5.91 Å². The molecule has 2 rings (SSSR count). The molecule has 7 heteroatoms. The van der Waals surface area contributed by atoms with Gasteiger partial charge in [-0.15, -0.1) is 11.3 Å². The van der Waals surface area contributed by atoms with E-state index in [2.05, 4.69) is 27.2 Å². The van der Waals surface area contributed by atoms with Gasteiger partial charge >= 0.3 is 5.97 Å². The van der Waals surface area contributed by atoms with Crippen molar-refractivity contribution in [2.24, 2.45) is 0 Å². The van der Waals surface area contributed by atoms with Crippen LogP contribution in [0.15, 0.2) is 11.4 Å². The molecular weight excluding hydrogens is 278 g/mol. The Morgan fingerprint density at radius 3 is 3.10 bits per heavy atom. The third-order valence-electron chi connectivity index (χ3n) is 3.30. The summed E-state index contributed by atoms with van der Waals surface area (Å²) in [6.45, 7) is 5.05. The summed E-state index contributed by atoms with van der Waals surface area (Å²) in [6.07, 6.45) is 0. The van der Waals surface area contributed by atoms with Gasteiger partial charge in [0.1, 0.15) is 4.88 Å². The summed E-state index contributed by atoms with van der Waals surface area (Å²) in [5.41, 5.74) is 0.523.